The van der Waals surface area contributed by atoms with E-state index in [1.54, 1.807) is 7.11 Å². The zero-order chi connectivity index (χ0) is 10.4. The van der Waals surface area contributed by atoms with Crippen molar-refractivity contribution in [2.45, 2.75) is 44.8 Å². The van der Waals surface area contributed by atoms with Gasteiger partial charge in [-0.05, 0) is 25.8 Å². The molecular formula is C11H23NO2. The maximum atomic E-state index is 10.3. The van der Waals surface area contributed by atoms with Crippen LogP contribution in [0, 0.1) is 5.92 Å². The molecule has 0 bridgehead atoms. The van der Waals surface area contributed by atoms with Gasteiger partial charge in [-0.2, -0.15) is 0 Å². The Bertz CT molecular complexity index is 157. The van der Waals surface area contributed by atoms with Crippen LogP contribution in [0.5, 0.6) is 0 Å². The van der Waals surface area contributed by atoms with Gasteiger partial charge in [0.25, 0.3) is 0 Å². The summed E-state index contributed by atoms with van der Waals surface area (Å²) in [5.74, 6) is -0.642. The number of unbranched alkanes of at least 4 members (excludes halogenated alkanes) is 1. The first kappa shape index (κ1) is 12.0. The summed E-state index contributed by atoms with van der Waals surface area (Å²) in [4.78, 5) is 0. The van der Waals surface area contributed by atoms with Crippen LogP contribution in [0.4, 0.5) is 0 Å². The molecule has 3 heteroatoms. The minimum atomic E-state index is -0.899. The third-order valence-electron chi connectivity index (χ3n) is 3.18. The summed E-state index contributed by atoms with van der Waals surface area (Å²) in [7, 11) is 1.62. The molecule has 0 amide bonds. The Morgan fingerprint density at radius 3 is 2.86 bits per heavy atom. The Kier molecular flexibility index (Phi) is 4.85. The van der Waals surface area contributed by atoms with Crippen molar-refractivity contribution in [2.75, 3.05) is 20.2 Å². The third kappa shape index (κ3) is 2.94. The summed E-state index contributed by atoms with van der Waals surface area (Å²) < 4.78 is 5.29. The lowest BCUT2D eigenvalue weighted by Gasteiger charge is -2.37. The van der Waals surface area contributed by atoms with Crippen LogP contribution in [0.2, 0.25) is 0 Å². The predicted molar refractivity (Wildman–Crippen MR) is 57.1 cm³/mol. The number of aliphatic hydroxyl groups is 1. The molecule has 14 heavy (non-hydrogen) atoms. The van der Waals surface area contributed by atoms with E-state index in [0.717, 1.165) is 45.2 Å². The SMILES string of the molecule is CCCCC(O)(OC)[C@@H]1CCCNC1. The normalized spacial score (nSPS) is 27.2. The van der Waals surface area contributed by atoms with E-state index in [1.807, 2.05) is 0 Å². The van der Waals surface area contributed by atoms with Gasteiger partial charge in [-0.15, -0.1) is 0 Å². The number of hydrogen-bond acceptors (Lipinski definition) is 3. The molecule has 0 saturated carbocycles. The maximum absolute atomic E-state index is 10.3. The summed E-state index contributed by atoms with van der Waals surface area (Å²) in [6.07, 6.45) is 5.10. The van der Waals surface area contributed by atoms with Crippen LogP contribution in [0.25, 0.3) is 0 Å². The number of hydrogen-bond donors (Lipinski definition) is 2. The molecule has 1 saturated heterocycles. The van der Waals surface area contributed by atoms with Gasteiger partial charge in [-0.3, -0.25) is 0 Å². The highest BCUT2D eigenvalue weighted by atomic mass is 16.6. The number of piperidine rings is 1. The van der Waals surface area contributed by atoms with Gasteiger partial charge in [-0.1, -0.05) is 13.3 Å². The van der Waals surface area contributed by atoms with Gasteiger partial charge in [0.15, 0.2) is 5.79 Å². The van der Waals surface area contributed by atoms with Crippen molar-refractivity contribution in [1.82, 2.24) is 5.32 Å². The van der Waals surface area contributed by atoms with Crippen LogP contribution in [0.3, 0.4) is 0 Å². The molecule has 2 atom stereocenters. The fraction of sp³-hybridized carbons (Fsp3) is 1.00. The van der Waals surface area contributed by atoms with Crippen molar-refractivity contribution in [3.05, 3.63) is 0 Å². The summed E-state index contributed by atoms with van der Waals surface area (Å²) in [5.41, 5.74) is 0. The molecule has 0 aromatic rings. The van der Waals surface area contributed by atoms with E-state index >= 15 is 0 Å². The van der Waals surface area contributed by atoms with Crippen molar-refractivity contribution in [3.63, 3.8) is 0 Å². The van der Waals surface area contributed by atoms with Crippen LogP contribution in [-0.2, 0) is 4.74 Å². The zero-order valence-electron chi connectivity index (χ0n) is 9.38. The van der Waals surface area contributed by atoms with Gasteiger partial charge in [-0.25, -0.2) is 0 Å². The second kappa shape index (κ2) is 5.69. The van der Waals surface area contributed by atoms with Crippen molar-refractivity contribution < 1.29 is 9.84 Å². The molecule has 0 aromatic heterocycles. The molecule has 0 spiro atoms. The average molecular weight is 201 g/mol. The van der Waals surface area contributed by atoms with E-state index in [-0.39, 0.29) is 5.92 Å². The maximum Gasteiger partial charge on any atom is 0.169 e. The fourth-order valence-corrected chi connectivity index (χ4v) is 2.14. The smallest absolute Gasteiger partial charge is 0.169 e. The number of methoxy groups -OCH3 is 1. The largest absolute Gasteiger partial charge is 0.365 e. The van der Waals surface area contributed by atoms with E-state index < -0.39 is 5.79 Å². The molecule has 0 radical (unpaired) electrons. The lowest BCUT2D eigenvalue weighted by atomic mass is 9.87. The van der Waals surface area contributed by atoms with Crippen molar-refractivity contribution in [1.29, 1.82) is 0 Å². The molecule has 1 rings (SSSR count). The highest BCUT2D eigenvalue weighted by Gasteiger charge is 2.36. The standard InChI is InChI=1S/C11H23NO2/c1-3-4-7-11(13,14-2)10-6-5-8-12-9-10/h10,12-13H,3-9H2,1-2H3/t10-,11?/m1/s1. The molecule has 0 aromatic carbocycles. The molecule has 3 nitrogen and oxygen atoms in total. The van der Waals surface area contributed by atoms with E-state index in [4.69, 9.17) is 4.74 Å². The Morgan fingerprint density at radius 1 is 1.57 bits per heavy atom. The highest BCUT2D eigenvalue weighted by Crippen LogP contribution is 2.29. The van der Waals surface area contributed by atoms with Crippen LogP contribution < -0.4 is 5.32 Å². The van der Waals surface area contributed by atoms with Gasteiger partial charge in [0, 0.05) is 26.0 Å². The monoisotopic (exact) mass is 201 g/mol. The lowest BCUT2D eigenvalue weighted by Crippen LogP contribution is -2.47. The third-order valence-corrected chi connectivity index (χ3v) is 3.18. The first-order chi connectivity index (χ1) is 6.73. The summed E-state index contributed by atoms with van der Waals surface area (Å²) in [5, 5.41) is 13.6. The average Bonchev–Trinajstić information content (AvgIpc) is 2.27. The number of ether oxygens (including phenoxy) is 1. The van der Waals surface area contributed by atoms with Crippen molar-refractivity contribution >= 4 is 0 Å². The van der Waals surface area contributed by atoms with Crippen LogP contribution in [0.15, 0.2) is 0 Å². The van der Waals surface area contributed by atoms with Gasteiger partial charge in [0.2, 0.25) is 0 Å². The quantitative estimate of drug-likeness (QED) is 0.663. The molecule has 1 fully saturated rings. The lowest BCUT2D eigenvalue weighted by molar-refractivity contribution is -0.228. The van der Waals surface area contributed by atoms with E-state index in [2.05, 4.69) is 12.2 Å². The van der Waals surface area contributed by atoms with Crippen LogP contribution in [0.1, 0.15) is 39.0 Å². The fourth-order valence-electron chi connectivity index (χ4n) is 2.14. The summed E-state index contributed by atoms with van der Waals surface area (Å²) in [6.45, 7) is 4.09. The molecule has 1 heterocycles. The molecular weight excluding hydrogens is 178 g/mol. The van der Waals surface area contributed by atoms with Crippen molar-refractivity contribution in [2.24, 2.45) is 5.92 Å². The minimum absolute atomic E-state index is 0.257. The van der Waals surface area contributed by atoms with E-state index in [0.29, 0.717) is 0 Å². The highest BCUT2D eigenvalue weighted by molar-refractivity contribution is 4.82. The Balaban J connectivity index is 2.47. The Labute approximate surface area is 86.8 Å². The van der Waals surface area contributed by atoms with Crippen LogP contribution >= 0.6 is 0 Å². The van der Waals surface area contributed by atoms with E-state index in [1.165, 1.54) is 0 Å². The first-order valence-electron chi connectivity index (χ1n) is 5.71. The molecule has 84 valence electrons. The van der Waals surface area contributed by atoms with Crippen LogP contribution in [-0.4, -0.2) is 31.1 Å². The summed E-state index contributed by atoms with van der Waals surface area (Å²) >= 11 is 0. The molecule has 1 unspecified atom stereocenters. The summed E-state index contributed by atoms with van der Waals surface area (Å²) in [6, 6.07) is 0. The molecule has 2 N–H and O–H groups in total. The van der Waals surface area contributed by atoms with Gasteiger partial charge in [0.05, 0.1) is 0 Å². The zero-order valence-corrected chi connectivity index (χ0v) is 9.38. The molecule has 0 aliphatic carbocycles. The first-order valence-corrected chi connectivity index (χ1v) is 5.71. The number of rotatable bonds is 5. The minimum Gasteiger partial charge on any atom is -0.365 e. The molecule has 1 aliphatic rings. The Morgan fingerprint density at radius 2 is 2.36 bits per heavy atom. The second-order valence-electron chi connectivity index (χ2n) is 4.20. The molecule has 1 aliphatic heterocycles. The predicted octanol–water partition coefficient (Wildman–Crippen LogP) is 1.51. The van der Waals surface area contributed by atoms with Crippen molar-refractivity contribution in [3.8, 4) is 0 Å². The van der Waals surface area contributed by atoms with Gasteiger partial charge in [0.1, 0.15) is 0 Å². The topological polar surface area (TPSA) is 41.5 Å². The van der Waals surface area contributed by atoms with Gasteiger partial charge < -0.3 is 15.2 Å². The van der Waals surface area contributed by atoms with E-state index in [9.17, 15) is 5.11 Å². The van der Waals surface area contributed by atoms with Gasteiger partial charge >= 0.3 is 0 Å². The second-order valence-corrected chi connectivity index (χ2v) is 4.20. The Hall–Kier alpha value is -0.120. The number of nitrogens with one attached hydrogen (secondary N) is 1.